The Morgan fingerprint density at radius 2 is 1.02 bits per heavy atom. The third kappa shape index (κ3) is 15.3. The van der Waals surface area contributed by atoms with Gasteiger partial charge in [0.1, 0.15) is 42.3 Å². The Bertz CT molecular complexity index is 4410. The number of sulfonamides is 3. The van der Waals surface area contributed by atoms with E-state index in [2.05, 4.69) is 88.6 Å². The van der Waals surface area contributed by atoms with Gasteiger partial charge < -0.3 is 4.74 Å². The summed E-state index contributed by atoms with van der Waals surface area (Å²) in [5, 5.41) is 0. The molecule has 0 fully saturated rings. The number of carbonyl (C=O) groups is 2. The summed E-state index contributed by atoms with van der Waals surface area (Å²) in [7, 11) is -7.38. The summed E-state index contributed by atoms with van der Waals surface area (Å²) >= 11 is 1.91. The maximum absolute atomic E-state index is 12.0. The first-order chi connectivity index (χ1) is 44.0. The highest BCUT2D eigenvalue weighted by Gasteiger charge is 2.47. The lowest BCUT2D eigenvalue weighted by molar-refractivity contribution is -0.124. The van der Waals surface area contributed by atoms with Gasteiger partial charge in [-0.05, 0) is 126 Å². The number of hydrogen-bond donors (Lipinski definition) is 2. The summed E-state index contributed by atoms with van der Waals surface area (Å²) in [6.45, 7) is 30.1. The molecule has 7 aromatic rings. The van der Waals surface area contributed by atoms with Gasteiger partial charge in [-0.3, -0.25) is 44.5 Å². The number of carbonyl (C=O) groups excluding carboxylic acids is 2. The van der Waals surface area contributed by atoms with Crippen molar-refractivity contribution < 1.29 is 48.0 Å². The van der Waals surface area contributed by atoms with Crippen molar-refractivity contribution in [2.45, 2.75) is 160 Å². The zero-order valence-electron chi connectivity index (χ0n) is 56.6. The molecule has 23 nitrogen and oxygen atoms in total. The molecule has 0 aromatic carbocycles. The van der Waals surface area contributed by atoms with Gasteiger partial charge in [-0.1, -0.05) is 61.5 Å². The highest BCUT2D eigenvalue weighted by Crippen LogP contribution is 2.43. The van der Waals surface area contributed by atoms with E-state index in [4.69, 9.17) is 4.74 Å². The molecule has 2 N–H and O–H groups in total. The highest BCUT2D eigenvalue weighted by molar-refractivity contribution is 7.99. The second-order valence-electron chi connectivity index (χ2n) is 27.6. The zero-order valence-corrected chi connectivity index (χ0v) is 61.5. The highest BCUT2D eigenvalue weighted by atomic mass is 32.2. The molecule has 14 heterocycles. The standard InChI is InChI=1S/C10H14N2O2S.2C10H14N2OS.2C9H10N2O3S.C9H11NO.C9H11NS/c1-10(2)7-12(3)15(13,14)8-5-4-6-11-9(8)10;1-10(2)7-12(3)14(13)8-5-4-6-11-9(8)10;1-10(2)9-8(5-4-6-11-9)7-12(3)14(10)13;1-9(2)7-6(4-3-5-10-7)15(13,14)11-8(9)12;1-9(2)7-6(4-3-5-10-7)8(12)11-15(9,13)14;2*1-9(2)6-11-7-4-3-5-10-8(7)9/h4-6H,7H2,1-3H3;2*4-6H,7H2,1-3H3;2*3-5H,1-2H3,(H,11,12);2*3-5H,6H2,1-2H3. The summed E-state index contributed by atoms with van der Waals surface area (Å²) in [5.41, 5.74) is 6.27. The molecule has 0 saturated heterocycles. The third-order valence-electron chi connectivity index (χ3n) is 16.8. The molecule has 29 heteroatoms. The molecule has 0 bridgehead atoms. The summed E-state index contributed by atoms with van der Waals surface area (Å²) < 4.78 is 107. The minimum absolute atomic E-state index is 0.0146. The molecular weight excluding hydrogens is 1330 g/mol. The molecule has 2 unspecified atom stereocenters. The molecule has 14 rings (SSSR count). The van der Waals surface area contributed by atoms with Crippen molar-refractivity contribution in [1.29, 1.82) is 0 Å². The van der Waals surface area contributed by atoms with Crippen molar-refractivity contribution in [3.63, 3.8) is 0 Å². The van der Waals surface area contributed by atoms with Crippen LogP contribution < -0.4 is 14.2 Å². The summed E-state index contributed by atoms with van der Waals surface area (Å²) in [4.78, 5) is 55.2. The van der Waals surface area contributed by atoms with E-state index >= 15 is 0 Å². The number of pyridine rings is 7. The van der Waals surface area contributed by atoms with E-state index in [1.165, 1.54) is 64.6 Å². The zero-order chi connectivity index (χ0) is 70.3. The fourth-order valence-electron chi connectivity index (χ4n) is 11.4. The Labute approximate surface area is 568 Å². The van der Waals surface area contributed by atoms with Crippen LogP contribution in [0.3, 0.4) is 0 Å². The molecule has 0 spiro atoms. The summed E-state index contributed by atoms with van der Waals surface area (Å²) in [6.07, 6.45) is 11.8. The first kappa shape index (κ1) is 74.0. The van der Waals surface area contributed by atoms with Crippen LogP contribution in [0.4, 0.5) is 0 Å². The number of amides is 2. The van der Waals surface area contributed by atoms with Gasteiger partial charge in [-0.2, -0.15) is 4.31 Å². The first-order valence-electron chi connectivity index (χ1n) is 30.3. The SMILES string of the molecule is CC1(C)C(=O)NS(=O)(=O)c2cccnc21.CC1(C)COc2cccnc21.CC1(C)CSc2cccnc21.CC1(C)c2ncccc2C(=O)NS1(=O)=O.CN1CC(C)(C)c2ncccc2S1(=O)=O.CN1CC(C)(C)c2ncccc2S1=O.CN1Cc2cccnc2C(C)(C)S1=O. The van der Waals surface area contributed by atoms with Gasteiger partial charge in [-0.15, -0.1) is 11.8 Å². The average molecular weight is 1410 g/mol. The van der Waals surface area contributed by atoms with Gasteiger partial charge in [0, 0.05) is 116 Å². The molecule has 95 heavy (non-hydrogen) atoms. The van der Waals surface area contributed by atoms with Gasteiger partial charge >= 0.3 is 0 Å². The summed E-state index contributed by atoms with van der Waals surface area (Å²) in [6, 6.07) is 25.2. The second kappa shape index (κ2) is 27.6. The van der Waals surface area contributed by atoms with Crippen molar-refractivity contribution >= 4 is 75.6 Å². The van der Waals surface area contributed by atoms with Crippen LogP contribution in [0, 0.1) is 0 Å². The number of nitrogens with one attached hydrogen (secondary N) is 2. The Morgan fingerprint density at radius 3 is 1.64 bits per heavy atom. The lowest BCUT2D eigenvalue weighted by Gasteiger charge is -2.35. The monoisotopic (exact) mass is 1410 g/mol. The third-order valence-corrected chi connectivity index (χ3v) is 26.6. The molecule has 7 aliphatic rings. The Balaban J connectivity index is 0.000000142. The van der Waals surface area contributed by atoms with Crippen molar-refractivity contribution in [1.82, 2.24) is 57.2 Å². The fraction of sp³-hybridized carbons (Fsp3) is 0.439. The number of likely N-dealkylation sites (N-methyl/N-ethyl adjacent to an activating group) is 2. The van der Waals surface area contributed by atoms with E-state index in [1.54, 1.807) is 63.8 Å². The van der Waals surface area contributed by atoms with Crippen LogP contribution in [0.25, 0.3) is 0 Å². The van der Waals surface area contributed by atoms with E-state index < -0.39 is 74.0 Å². The Hall–Kier alpha value is -6.83. The second-order valence-corrected chi connectivity index (χ2v) is 38.2. The largest absolute Gasteiger partial charge is 0.491 e. The van der Waals surface area contributed by atoms with Crippen LogP contribution in [-0.4, -0.2) is 140 Å². The van der Waals surface area contributed by atoms with Crippen LogP contribution in [0.15, 0.2) is 148 Å². The Kier molecular flexibility index (Phi) is 21.5. The van der Waals surface area contributed by atoms with Crippen molar-refractivity contribution in [2.24, 2.45) is 0 Å². The van der Waals surface area contributed by atoms with E-state index in [9.17, 15) is 43.3 Å². The van der Waals surface area contributed by atoms with Crippen LogP contribution in [0.5, 0.6) is 5.75 Å². The Morgan fingerprint density at radius 1 is 0.516 bits per heavy atom. The predicted octanol–water partition coefficient (Wildman–Crippen LogP) is 8.53. The smallest absolute Gasteiger partial charge is 0.266 e. The van der Waals surface area contributed by atoms with Crippen LogP contribution in [0.1, 0.15) is 153 Å². The molecule has 0 aliphatic carbocycles. The van der Waals surface area contributed by atoms with Crippen LogP contribution in [-0.2, 0) is 99.9 Å². The van der Waals surface area contributed by atoms with Crippen LogP contribution in [0.2, 0.25) is 0 Å². The number of rotatable bonds is 0. The lowest BCUT2D eigenvalue weighted by Crippen LogP contribution is -2.49. The molecule has 7 aromatic heterocycles. The van der Waals surface area contributed by atoms with Crippen LogP contribution >= 0.6 is 11.8 Å². The number of fused-ring (bicyclic) bond motifs is 7. The molecule has 2 amide bonds. The van der Waals surface area contributed by atoms with Gasteiger partial charge in [0.2, 0.25) is 26.0 Å². The average Bonchev–Trinajstić information content (AvgIpc) is 1.61. The molecular formula is C66H84N12O11S6. The minimum atomic E-state index is -3.72. The van der Waals surface area contributed by atoms with E-state index in [-0.39, 0.29) is 31.3 Å². The number of hydrogen-bond acceptors (Lipinski definition) is 19. The topological polar surface area (TPSA) is 304 Å². The van der Waals surface area contributed by atoms with Gasteiger partial charge in [-0.25, -0.2) is 51.7 Å². The lowest BCUT2D eigenvalue weighted by atomic mass is 9.88. The van der Waals surface area contributed by atoms with Gasteiger partial charge in [0.15, 0.2) is 0 Å². The number of nitrogens with zero attached hydrogens (tertiary/aromatic N) is 10. The normalized spacial score (nSPS) is 22.6. The predicted molar refractivity (Wildman–Crippen MR) is 367 cm³/mol. The van der Waals surface area contributed by atoms with Crippen molar-refractivity contribution in [3.05, 3.63) is 179 Å². The quantitative estimate of drug-likeness (QED) is 0.144. The summed E-state index contributed by atoms with van der Waals surface area (Å²) in [5.74, 6) is 0.947. The number of thioether (sulfide) groups is 1. The van der Waals surface area contributed by atoms with E-state index in [0.29, 0.717) is 34.1 Å². The number of aromatic nitrogens is 7. The molecule has 0 saturated carbocycles. The first-order valence-corrected chi connectivity index (χ1v) is 37.9. The van der Waals surface area contributed by atoms with Crippen molar-refractivity contribution in [3.8, 4) is 5.75 Å². The molecule has 0 radical (unpaired) electrons. The van der Waals surface area contributed by atoms with Crippen molar-refractivity contribution in [2.75, 3.05) is 46.6 Å². The maximum Gasteiger partial charge on any atom is 0.266 e. The minimum Gasteiger partial charge on any atom is -0.491 e. The maximum atomic E-state index is 12.0. The molecule has 7 aliphatic heterocycles. The molecule has 2 atom stereocenters. The van der Waals surface area contributed by atoms with E-state index in [0.717, 1.165) is 47.4 Å². The molecule has 510 valence electrons. The number of ether oxygens (including phenoxy) is 1. The van der Waals surface area contributed by atoms with E-state index in [1.807, 2.05) is 120 Å². The van der Waals surface area contributed by atoms with Gasteiger partial charge in [0.25, 0.3) is 15.9 Å². The fourth-order valence-corrected chi connectivity index (χ4v) is 19.7. The van der Waals surface area contributed by atoms with Gasteiger partial charge in [0.05, 0.1) is 67.1 Å².